The van der Waals surface area contributed by atoms with Crippen molar-refractivity contribution in [3.05, 3.63) is 95.1 Å². The summed E-state index contributed by atoms with van der Waals surface area (Å²) in [5, 5.41) is 0. The molecule has 3 heteroatoms. The second-order valence-corrected chi connectivity index (χ2v) is 5.90. The fraction of sp³-hybridized carbons (Fsp3) is 0.182. The van der Waals surface area contributed by atoms with Crippen molar-refractivity contribution in [3.8, 4) is 11.5 Å². The first-order valence-electron chi connectivity index (χ1n) is 8.08. The van der Waals surface area contributed by atoms with Crippen LogP contribution in [0.4, 0.5) is 0 Å². The first-order chi connectivity index (χ1) is 11.7. The summed E-state index contributed by atoms with van der Waals surface area (Å²) in [4.78, 5) is 0. The maximum atomic E-state index is 5.81. The minimum absolute atomic E-state index is 0. The van der Waals surface area contributed by atoms with Crippen molar-refractivity contribution < 1.29 is 28.3 Å². The van der Waals surface area contributed by atoms with Crippen molar-refractivity contribution in [1.82, 2.24) is 0 Å². The predicted molar refractivity (Wildman–Crippen MR) is 96.3 cm³/mol. The van der Waals surface area contributed by atoms with E-state index in [9.17, 15) is 0 Å². The van der Waals surface area contributed by atoms with E-state index in [0.717, 1.165) is 22.6 Å². The molecule has 0 atom stereocenters. The molecule has 0 N–H and O–H groups in total. The number of hydrogen-bond acceptors (Lipinski definition) is 2. The van der Waals surface area contributed by atoms with Gasteiger partial charge in [0.15, 0.2) is 0 Å². The molecular weight excluding hydrogens is 303 g/mol. The molecule has 2 nitrogen and oxygen atoms in total. The third-order valence-electron chi connectivity index (χ3n) is 3.75. The fourth-order valence-corrected chi connectivity index (χ4v) is 2.33. The maximum Gasteiger partial charge on any atom is 1.00 e. The van der Waals surface area contributed by atoms with Crippen molar-refractivity contribution in [2.75, 3.05) is 0 Å². The minimum atomic E-state index is 0. The largest absolute Gasteiger partial charge is 1.00 e. The Balaban J connectivity index is 0.00000225. The van der Waals surface area contributed by atoms with Gasteiger partial charge in [0.05, 0.1) is 13.2 Å². The van der Waals surface area contributed by atoms with Gasteiger partial charge in [0.1, 0.15) is 11.5 Å². The van der Waals surface area contributed by atoms with Gasteiger partial charge >= 0.3 is 18.9 Å². The Morgan fingerprint density at radius 1 is 0.640 bits per heavy atom. The zero-order valence-electron chi connectivity index (χ0n) is 15.1. The normalized spacial score (nSPS) is 10.0. The molecular formula is C22H21LiO2. The summed E-state index contributed by atoms with van der Waals surface area (Å²) in [6.07, 6.45) is 0. The van der Waals surface area contributed by atoms with Crippen molar-refractivity contribution in [2.24, 2.45) is 0 Å². The van der Waals surface area contributed by atoms with Crippen LogP contribution in [-0.4, -0.2) is 0 Å². The van der Waals surface area contributed by atoms with E-state index >= 15 is 0 Å². The van der Waals surface area contributed by atoms with E-state index in [-0.39, 0.29) is 18.9 Å². The van der Waals surface area contributed by atoms with Crippen LogP contribution in [0.2, 0.25) is 0 Å². The minimum Gasteiger partial charge on any atom is -0.491 e. The van der Waals surface area contributed by atoms with E-state index in [1.807, 2.05) is 66.7 Å². The number of rotatable bonds is 6. The van der Waals surface area contributed by atoms with Gasteiger partial charge in [-0.25, -0.2) is 0 Å². The van der Waals surface area contributed by atoms with Gasteiger partial charge in [0.2, 0.25) is 0 Å². The second-order valence-electron chi connectivity index (χ2n) is 5.90. The van der Waals surface area contributed by atoms with Gasteiger partial charge in [0, 0.05) is 0 Å². The number of benzene rings is 3. The van der Waals surface area contributed by atoms with Crippen LogP contribution in [-0.2, 0) is 13.2 Å². The zero-order valence-corrected chi connectivity index (χ0v) is 15.1. The summed E-state index contributed by atoms with van der Waals surface area (Å²) in [6.45, 7) is 5.13. The van der Waals surface area contributed by atoms with Crippen LogP contribution in [0.1, 0.15) is 22.3 Å². The van der Waals surface area contributed by atoms with Gasteiger partial charge in [0.25, 0.3) is 0 Å². The standard InChI is InChI=1S/C22H21O2.Li/c1-17-6-10-21(11-7-17)23-15-19-4-3-5-20(14-19)16-24-22-12-8-18(2)9-13-22;/h3-13H,15-16H2,1-2H3;/q-1;+1. The van der Waals surface area contributed by atoms with Gasteiger partial charge in [-0.1, -0.05) is 35.4 Å². The predicted octanol–water partition coefficient (Wildman–Crippen LogP) is 2.27. The monoisotopic (exact) mass is 324 g/mol. The first kappa shape index (κ1) is 19.2. The molecule has 3 rings (SSSR count). The summed E-state index contributed by atoms with van der Waals surface area (Å²) < 4.78 is 11.6. The van der Waals surface area contributed by atoms with Crippen molar-refractivity contribution >= 4 is 0 Å². The molecule has 0 unspecified atom stereocenters. The van der Waals surface area contributed by atoms with Crippen LogP contribution in [0.25, 0.3) is 0 Å². The molecule has 0 fully saturated rings. The fourth-order valence-electron chi connectivity index (χ4n) is 2.33. The molecule has 0 bridgehead atoms. The summed E-state index contributed by atoms with van der Waals surface area (Å²) in [7, 11) is 0. The molecule has 0 aromatic heterocycles. The Morgan fingerprint density at radius 2 is 1.04 bits per heavy atom. The first-order valence-corrected chi connectivity index (χ1v) is 8.08. The molecule has 3 aromatic rings. The number of ether oxygens (including phenoxy) is 2. The van der Waals surface area contributed by atoms with E-state index < -0.39 is 0 Å². The molecule has 0 heterocycles. The zero-order chi connectivity index (χ0) is 16.8. The Labute approximate surface area is 162 Å². The van der Waals surface area contributed by atoms with Crippen molar-refractivity contribution in [1.29, 1.82) is 0 Å². The third kappa shape index (κ3) is 6.01. The van der Waals surface area contributed by atoms with Crippen molar-refractivity contribution in [3.63, 3.8) is 0 Å². The summed E-state index contributed by atoms with van der Waals surface area (Å²) in [5.74, 6) is 1.74. The van der Waals surface area contributed by atoms with Crippen LogP contribution in [0.15, 0.2) is 66.7 Å². The van der Waals surface area contributed by atoms with Gasteiger partial charge in [-0.2, -0.15) is 24.3 Å². The smallest absolute Gasteiger partial charge is 0.491 e. The van der Waals surface area contributed by atoms with E-state index in [4.69, 9.17) is 9.47 Å². The van der Waals surface area contributed by atoms with Crippen LogP contribution in [0.3, 0.4) is 0 Å². The second kappa shape index (κ2) is 9.37. The topological polar surface area (TPSA) is 18.5 Å². The average molecular weight is 324 g/mol. The third-order valence-corrected chi connectivity index (χ3v) is 3.75. The molecule has 3 aromatic carbocycles. The summed E-state index contributed by atoms with van der Waals surface area (Å²) in [5.41, 5.74) is 4.48. The molecule has 0 spiro atoms. The molecule has 0 aliphatic rings. The number of aryl methyl sites for hydroxylation is 2. The van der Waals surface area contributed by atoms with Gasteiger partial charge in [-0.3, -0.25) is 0 Å². The quantitative estimate of drug-likeness (QED) is 0.511. The summed E-state index contributed by atoms with van der Waals surface area (Å²) >= 11 is 0. The summed E-state index contributed by atoms with van der Waals surface area (Å²) in [6, 6.07) is 25.5. The molecule has 122 valence electrons. The Hall–Kier alpha value is -2.14. The van der Waals surface area contributed by atoms with E-state index in [1.54, 1.807) is 0 Å². The molecule has 0 aliphatic heterocycles. The van der Waals surface area contributed by atoms with Crippen LogP contribution < -0.4 is 28.3 Å². The average Bonchev–Trinajstić information content (AvgIpc) is 2.61. The molecule has 0 saturated heterocycles. The van der Waals surface area contributed by atoms with Gasteiger partial charge in [-0.15, -0.1) is 11.1 Å². The molecule has 25 heavy (non-hydrogen) atoms. The van der Waals surface area contributed by atoms with Gasteiger partial charge in [-0.05, 0) is 38.1 Å². The van der Waals surface area contributed by atoms with E-state index in [0.29, 0.717) is 13.2 Å². The maximum absolute atomic E-state index is 5.81. The molecule has 0 amide bonds. The Kier molecular flexibility index (Phi) is 7.19. The van der Waals surface area contributed by atoms with Gasteiger partial charge < -0.3 is 9.47 Å². The van der Waals surface area contributed by atoms with Crippen LogP contribution >= 0.6 is 0 Å². The van der Waals surface area contributed by atoms with E-state index in [1.165, 1.54) is 11.1 Å². The van der Waals surface area contributed by atoms with Crippen LogP contribution in [0, 0.1) is 19.9 Å². The van der Waals surface area contributed by atoms with Crippen molar-refractivity contribution in [2.45, 2.75) is 27.1 Å². The Morgan fingerprint density at radius 3 is 1.44 bits per heavy atom. The van der Waals surface area contributed by atoms with Crippen LogP contribution in [0.5, 0.6) is 11.5 Å². The SMILES string of the molecule is Cc1ccc(OCc2[c-]c(COc3ccc(C)cc3)ccc2)cc1.[Li+]. The molecule has 0 radical (unpaired) electrons. The Bertz CT molecular complexity index is 715. The molecule has 0 saturated carbocycles. The van der Waals surface area contributed by atoms with E-state index in [2.05, 4.69) is 19.9 Å². The molecule has 0 aliphatic carbocycles. The number of hydrogen-bond donors (Lipinski definition) is 0.